The average Bonchev–Trinajstić information content (AvgIpc) is 2.11. The SMILES string of the molecule is O.OCC(O)COOCC(O)CO. The van der Waals surface area contributed by atoms with Crippen molar-refractivity contribution in [1.82, 2.24) is 0 Å². The first-order valence-electron chi connectivity index (χ1n) is 3.53. The Kier molecular flexibility index (Phi) is 11.5. The molecule has 0 saturated carbocycles. The maximum Gasteiger partial charge on any atom is 0.110 e. The molecule has 0 aliphatic rings. The van der Waals surface area contributed by atoms with Crippen LogP contribution in [-0.4, -0.2) is 64.5 Å². The Morgan fingerprint density at radius 1 is 0.846 bits per heavy atom. The Morgan fingerprint density at radius 2 is 1.15 bits per heavy atom. The summed E-state index contributed by atoms with van der Waals surface area (Å²) in [6, 6.07) is 0. The van der Waals surface area contributed by atoms with Gasteiger partial charge in [-0.1, -0.05) is 0 Å². The van der Waals surface area contributed by atoms with Crippen molar-refractivity contribution < 1.29 is 35.7 Å². The van der Waals surface area contributed by atoms with Gasteiger partial charge in [-0.05, 0) is 0 Å². The molecule has 0 saturated heterocycles. The summed E-state index contributed by atoms with van der Waals surface area (Å²) in [6.45, 7) is -1.17. The van der Waals surface area contributed by atoms with Crippen molar-refractivity contribution >= 4 is 0 Å². The zero-order chi connectivity index (χ0) is 9.40. The van der Waals surface area contributed by atoms with Crippen LogP contribution < -0.4 is 0 Å². The van der Waals surface area contributed by atoms with E-state index in [0.717, 1.165) is 0 Å². The van der Waals surface area contributed by atoms with Crippen LogP contribution in [0.2, 0.25) is 0 Å². The van der Waals surface area contributed by atoms with Crippen LogP contribution in [0.4, 0.5) is 0 Å². The van der Waals surface area contributed by atoms with Crippen LogP contribution >= 0.6 is 0 Å². The fourth-order valence-electron chi connectivity index (χ4n) is 0.359. The van der Waals surface area contributed by atoms with Gasteiger partial charge < -0.3 is 25.9 Å². The lowest BCUT2D eigenvalue weighted by Crippen LogP contribution is -2.23. The Labute approximate surface area is 75.4 Å². The summed E-state index contributed by atoms with van der Waals surface area (Å²) >= 11 is 0. The standard InChI is InChI=1S/C6H14O6.H2O/c7-1-5(9)3-11-12-4-6(10)2-8;/h5-10H,1-4H2;1H2. The second-order valence-corrected chi connectivity index (χ2v) is 2.24. The predicted octanol–water partition coefficient (Wildman–Crippen LogP) is -3.18. The van der Waals surface area contributed by atoms with Crippen molar-refractivity contribution in [2.75, 3.05) is 26.4 Å². The zero-order valence-electron chi connectivity index (χ0n) is 7.09. The number of rotatable bonds is 7. The van der Waals surface area contributed by atoms with Gasteiger partial charge in [-0.25, -0.2) is 9.78 Å². The van der Waals surface area contributed by atoms with E-state index in [-0.39, 0.29) is 18.7 Å². The molecule has 13 heavy (non-hydrogen) atoms. The molecule has 2 atom stereocenters. The second kappa shape index (κ2) is 9.81. The average molecular weight is 200 g/mol. The third-order valence-electron chi connectivity index (χ3n) is 1.03. The first-order valence-corrected chi connectivity index (χ1v) is 3.53. The molecule has 0 radical (unpaired) electrons. The minimum absolute atomic E-state index is 0. The highest BCUT2D eigenvalue weighted by molar-refractivity contribution is 4.48. The van der Waals surface area contributed by atoms with Gasteiger partial charge in [0.05, 0.1) is 13.2 Å². The van der Waals surface area contributed by atoms with Crippen molar-refractivity contribution in [3.05, 3.63) is 0 Å². The van der Waals surface area contributed by atoms with Crippen LogP contribution in [0, 0.1) is 0 Å². The van der Waals surface area contributed by atoms with Gasteiger partial charge >= 0.3 is 0 Å². The summed E-state index contributed by atoms with van der Waals surface area (Å²) in [4.78, 5) is 8.76. The van der Waals surface area contributed by atoms with E-state index >= 15 is 0 Å². The lowest BCUT2D eigenvalue weighted by atomic mass is 10.4. The van der Waals surface area contributed by atoms with Crippen LogP contribution in [0.15, 0.2) is 0 Å². The molecule has 0 bridgehead atoms. The molecule has 0 aliphatic heterocycles. The van der Waals surface area contributed by atoms with E-state index in [2.05, 4.69) is 9.78 Å². The predicted molar refractivity (Wildman–Crippen MR) is 41.7 cm³/mol. The molecule has 0 fully saturated rings. The molecular weight excluding hydrogens is 184 g/mol. The Balaban J connectivity index is 0. The molecule has 0 aliphatic carbocycles. The number of hydrogen-bond acceptors (Lipinski definition) is 6. The lowest BCUT2D eigenvalue weighted by Gasteiger charge is -2.09. The highest BCUT2D eigenvalue weighted by atomic mass is 17.2. The zero-order valence-corrected chi connectivity index (χ0v) is 7.09. The van der Waals surface area contributed by atoms with Crippen molar-refractivity contribution in [3.8, 4) is 0 Å². The second-order valence-electron chi connectivity index (χ2n) is 2.24. The van der Waals surface area contributed by atoms with Crippen LogP contribution in [0.25, 0.3) is 0 Å². The molecule has 0 aromatic rings. The molecule has 0 heterocycles. The van der Waals surface area contributed by atoms with E-state index in [1.165, 1.54) is 0 Å². The van der Waals surface area contributed by atoms with Crippen molar-refractivity contribution in [2.45, 2.75) is 12.2 Å². The first-order chi connectivity index (χ1) is 5.70. The Bertz CT molecular complexity index is 87.0. The van der Waals surface area contributed by atoms with Gasteiger partial charge in [0.25, 0.3) is 0 Å². The minimum Gasteiger partial charge on any atom is -0.412 e. The van der Waals surface area contributed by atoms with E-state index in [1.54, 1.807) is 0 Å². The fourth-order valence-corrected chi connectivity index (χ4v) is 0.359. The normalized spacial score (nSPS) is 14.8. The van der Waals surface area contributed by atoms with Gasteiger partial charge in [0.15, 0.2) is 0 Å². The monoisotopic (exact) mass is 200 g/mol. The maximum atomic E-state index is 8.71. The van der Waals surface area contributed by atoms with E-state index < -0.39 is 25.4 Å². The molecule has 6 N–H and O–H groups in total. The van der Waals surface area contributed by atoms with Crippen molar-refractivity contribution in [2.24, 2.45) is 0 Å². The number of hydrogen-bond donors (Lipinski definition) is 4. The largest absolute Gasteiger partial charge is 0.412 e. The third-order valence-corrected chi connectivity index (χ3v) is 1.03. The maximum absolute atomic E-state index is 8.71. The van der Waals surface area contributed by atoms with Gasteiger partial charge in [0.1, 0.15) is 25.4 Å². The molecule has 7 nitrogen and oxygen atoms in total. The van der Waals surface area contributed by atoms with Gasteiger partial charge in [0.2, 0.25) is 0 Å². The van der Waals surface area contributed by atoms with Crippen molar-refractivity contribution in [3.63, 3.8) is 0 Å². The summed E-state index contributed by atoms with van der Waals surface area (Å²) in [7, 11) is 0. The van der Waals surface area contributed by atoms with Gasteiger partial charge in [-0.3, -0.25) is 0 Å². The van der Waals surface area contributed by atoms with Crippen LogP contribution in [0.1, 0.15) is 0 Å². The molecule has 82 valence electrons. The molecule has 7 heteroatoms. The van der Waals surface area contributed by atoms with Gasteiger partial charge in [-0.2, -0.15) is 0 Å². The van der Waals surface area contributed by atoms with Gasteiger partial charge in [-0.15, -0.1) is 0 Å². The molecular formula is C6H16O7. The summed E-state index contributed by atoms with van der Waals surface area (Å²) in [5.41, 5.74) is 0. The lowest BCUT2D eigenvalue weighted by molar-refractivity contribution is -0.316. The fraction of sp³-hybridized carbons (Fsp3) is 1.00. The van der Waals surface area contributed by atoms with Crippen LogP contribution in [0.3, 0.4) is 0 Å². The molecule has 0 aromatic heterocycles. The molecule has 0 rings (SSSR count). The summed E-state index contributed by atoms with van der Waals surface area (Å²) in [6.07, 6.45) is -1.98. The smallest absolute Gasteiger partial charge is 0.110 e. The molecule has 2 unspecified atom stereocenters. The van der Waals surface area contributed by atoms with Gasteiger partial charge in [0, 0.05) is 0 Å². The summed E-state index contributed by atoms with van der Waals surface area (Å²) in [5.74, 6) is 0. The van der Waals surface area contributed by atoms with E-state index in [9.17, 15) is 0 Å². The molecule has 0 spiro atoms. The van der Waals surface area contributed by atoms with Crippen LogP contribution in [-0.2, 0) is 9.78 Å². The Hall–Kier alpha value is -0.280. The summed E-state index contributed by atoms with van der Waals surface area (Å²) in [5, 5.41) is 34.1. The molecule has 0 amide bonds. The van der Waals surface area contributed by atoms with Crippen LogP contribution in [0.5, 0.6) is 0 Å². The summed E-state index contributed by atoms with van der Waals surface area (Å²) < 4.78 is 0. The van der Waals surface area contributed by atoms with E-state index in [4.69, 9.17) is 20.4 Å². The number of aliphatic hydroxyl groups excluding tert-OH is 4. The highest BCUT2D eigenvalue weighted by Gasteiger charge is 2.04. The third kappa shape index (κ3) is 9.64. The first kappa shape index (κ1) is 15.2. The quantitative estimate of drug-likeness (QED) is 0.194. The Morgan fingerprint density at radius 3 is 1.38 bits per heavy atom. The van der Waals surface area contributed by atoms with Crippen molar-refractivity contribution in [1.29, 1.82) is 0 Å². The molecule has 0 aromatic carbocycles. The number of aliphatic hydroxyl groups is 4. The highest BCUT2D eigenvalue weighted by Crippen LogP contribution is 1.88. The van der Waals surface area contributed by atoms with E-state index in [1.807, 2.05) is 0 Å². The minimum atomic E-state index is -0.990. The topological polar surface area (TPSA) is 131 Å². The van der Waals surface area contributed by atoms with E-state index in [0.29, 0.717) is 0 Å².